The summed E-state index contributed by atoms with van der Waals surface area (Å²) in [5.74, 6) is -0.942. The Hall–Kier alpha value is -1.91. The molecule has 0 N–H and O–H groups in total. The molecule has 5 heteroatoms. The van der Waals surface area contributed by atoms with Gasteiger partial charge in [-0.3, -0.25) is 9.59 Å². The summed E-state index contributed by atoms with van der Waals surface area (Å²) in [7, 11) is 0. The summed E-state index contributed by atoms with van der Waals surface area (Å²) in [6.07, 6.45) is 1.20. The molecule has 0 spiro atoms. The van der Waals surface area contributed by atoms with Crippen molar-refractivity contribution in [2.45, 2.75) is 67.1 Å². The van der Waals surface area contributed by atoms with Gasteiger partial charge in [0.15, 0.2) is 5.78 Å². The van der Waals surface area contributed by atoms with Crippen LogP contribution in [0, 0.1) is 34.5 Å². The molecule has 4 rings (SSSR count). The van der Waals surface area contributed by atoms with E-state index < -0.39 is 29.0 Å². The van der Waals surface area contributed by atoms with Gasteiger partial charge in [0.1, 0.15) is 12.2 Å². The van der Waals surface area contributed by atoms with Crippen LogP contribution in [0.5, 0.6) is 0 Å². The molecule has 6 atom stereocenters. The summed E-state index contributed by atoms with van der Waals surface area (Å²) < 4.78 is 11.8. The molecule has 0 aliphatic heterocycles. The lowest BCUT2D eigenvalue weighted by molar-refractivity contribution is -0.205. The molecule has 154 valence electrons. The third-order valence-electron chi connectivity index (χ3n) is 7.36. The minimum atomic E-state index is -0.481. The number of carbonyl (C=O) groups excluding carboxylic acids is 3. The minimum absolute atomic E-state index is 0.0562. The third kappa shape index (κ3) is 2.77. The number of hydrogen-bond donors (Lipinski definition) is 0. The van der Waals surface area contributed by atoms with Crippen LogP contribution in [0.3, 0.4) is 0 Å². The Kier molecular flexibility index (Phi) is 4.88. The van der Waals surface area contributed by atoms with Crippen molar-refractivity contribution in [2.24, 2.45) is 34.5 Å². The Balaban J connectivity index is 2.06. The molecule has 5 nitrogen and oxygen atoms in total. The van der Waals surface area contributed by atoms with E-state index in [0.29, 0.717) is 12.0 Å². The highest BCUT2D eigenvalue weighted by atomic mass is 16.6. The number of rotatable bonds is 4. The second kappa shape index (κ2) is 6.57. The highest BCUT2D eigenvalue weighted by Crippen LogP contribution is 2.72. The molecule has 0 radical (unpaired) electrons. The van der Waals surface area contributed by atoms with E-state index in [0.717, 1.165) is 5.57 Å². The molecule has 0 aromatic carbocycles. The number of allylic oxidation sites excluding steroid dienone is 2. The summed E-state index contributed by atoms with van der Waals surface area (Å²) in [6.45, 7) is 17.1. The third-order valence-corrected chi connectivity index (χ3v) is 7.36. The van der Waals surface area contributed by atoms with Crippen molar-refractivity contribution in [2.75, 3.05) is 0 Å². The zero-order valence-electron chi connectivity index (χ0n) is 18.0. The zero-order chi connectivity index (χ0) is 21.2. The van der Waals surface area contributed by atoms with Crippen molar-refractivity contribution in [1.82, 2.24) is 0 Å². The maximum Gasteiger partial charge on any atom is 0.333 e. The predicted octanol–water partition coefficient (Wildman–Crippen LogP) is 3.87. The fourth-order valence-electron chi connectivity index (χ4n) is 5.81. The second-order valence-electron chi connectivity index (χ2n) is 9.95. The average molecular weight is 389 g/mol. The molecule has 4 aliphatic rings. The molecule has 0 aromatic heterocycles. The smallest absolute Gasteiger partial charge is 0.333 e. The number of fused-ring (bicyclic) bond motifs is 3. The number of ether oxygens (including phenoxy) is 2. The van der Waals surface area contributed by atoms with E-state index in [-0.39, 0.29) is 35.4 Å². The van der Waals surface area contributed by atoms with Crippen molar-refractivity contribution in [3.8, 4) is 0 Å². The van der Waals surface area contributed by atoms with Crippen LogP contribution in [-0.4, -0.2) is 29.9 Å². The van der Waals surface area contributed by atoms with E-state index in [1.165, 1.54) is 0 Å². The molecular formula is C23H32O5. The van der Waals surface area contributed by atoms with Gasteiger partial charge in [-0.1, -0.05) is 46.8 Å². The molecule has 3 fully saturated rings. The number of carbonyl (C=O) groups is 3. The Bertz CT molecular complexity index is 774. The molecule has 4 aliphatic carbocycles. The molecule has 0 amide bonds. The number of hydrogen-bond acceptors (Lipinski definition) is 5. The first-order chi connectivity index (χ1) is 12.8. The second-order valence-corrected chi connectivity index (χ2v) is 9.95. The first-order valence-electron chi connectivity index (χ1n) is 10.1. The lowest BCUT2D eigenvalue weighted by atomic mass is 9.37. The van der Waals surface area contributed by atoms with Gasteiger partial charge in [0.25, 0.3) is 0 Å². The van der Waals surface area contributed by atoms with Crippen LogP contribution in [0.1, 0.15) is 54.9 Å². The zero-order valence-corrected chi connectivity index (χ0v) is 18.0. The number of esters is 2. The first-order valence-corrected chi connectivity index (χ1v) is 10.1. The molecule has 0 heterocycles. The van der Waals surface area contributed by atoms with Crippen molar-refractivity contribution in [3.05, 3.63) is 23.8 Å². The van der Waals surface area contributed by atoms with Crippen LogP contribution in [0.25, 0.3) is 0 Å². The summed E-state index contributed by atoms with van der Waals surface area (Å²) >= 11 is 0. The summed E-state index contributed by atoms with van der Waals surface area (Å²) in [6, 6.07) is 0. The lowest BCUT2D eigenvalue weighted by Gasteiger charge is -2.65. The van der Waals surface area contributed by atoms with E-state index in [4.69, 9.17) is 9.47 Å². The SMILES string of the molecule is C=C(C)C(=O)O[C@@H]1C[C@@H](OC(=O)C(C)C)[C@@]2(C)[C@@H]3C(=O)C=C(C)[C@H]2[C@@H]3C1(C)C. The minimum Gasteiger partial charge on any atom is -0.461 e. The first kappa shape index (κ1) is 20.8. The maximum absolute atomic E-state index is 13.0. The van der Waals surface area contributed by atoms with Crippen molar-refractivity contribution in [3.63, 3.8) is 0 Å². The number of ketones is 1. The van der Waals surface area contributed by atoms with Crippen molar-refractivity contribution >= 4 is 17.7 Å². The molecule has 4 bridgehead atoms. The van der Waals surface area contributed by atoms with Crippen LogP contribution in [-0.2, 0) is 23.9 Å². The van der Waals surface area contributed by atoms with Crippen LogP contribution < -0.4 is 0 Å². The Morgan fingerprint density at radius 2 is 1.75 bits per heavy atom. The Labute approximate surface area is 167 Å². The van der Waals surface area contributed by atoms with E-state index in [1.807, 2.05) is 6.92 Å². The lowest BCUT2D eigenvalue weighted by Crippen LogP contribution is -2.67. The van der Waals surface area contributed by atoms with Gasteiger partial charge in [0, 0.05) is 28.7 Å². The molecule has 0 saturated heterocycles. The van der Waals surface area contributed by atoms with E-state index in [2.05, 4.69) is 27.4 Å². The maximum atomic E-state index is 13.0. The Morgan fingerprint density at radius 3 is 2.25 bits per heavy atom. The normalized spacial score (nSPS) is 38.1. The highest BCUT2D eigenvalue weighted by Gasteiger charge is 2.74. The van der Waals surface area contributed by atoms with Gasteiger partial charge in [-0.05, 0) is 31.8 Å². The highest BCUT2D eigenvalue weighted by molar-refractivity contribution is 5.97. The van der Waals surface area contributed by atoms with Crippen molar-refractivity contribution < 1.29 is 23.9 Å². The standard InChI is InChI=1S/C23H32O5/c1-11(2)20(25)27-15-10-16(28-21(26)12(3)4)23(8)17-13(5)9-14(24)18(23)19(17)22(15,6)7/h9,12,15-19H,1,10H2,2-8H3/t15-,16-,17+,18-,19+,23-/m1/s1. The topological polar surface area (TPSA) is 69.7 Å². The van der Waals surface area contributed by atoms with Crippen LogP contribution in [0.15, 0.2) is 23.8 Å². The largest absolute Gasteiger partial charge is 0.461 e. The summed E-state index contributed by atoms with van der Waals surface area (Å²) in [4.78, 5) is 37.7. The van der Waals surface area contributed by atoms with Crippen LogP contribution >= 0.6 is 0 Å². The van der Waals surface area contributed by atoms with Crippen LogP contribution in [0.4, 0.5) is 0 Å². The van der Waals surface area contributed by atoms with Crippen LogP contribution in [0.2, 0.25) is 0 Å². The van der Waals surface area contributed by atoms with Gasteiger partial charge in [-0.2, -0.15) is 0 Å². The van der Waals surface area contributed by atoms with Gasteiger partial charge >= 0.3 is 11.9 Å². The molecular weight excluding hydrogens is 356 g/mol. The fourth-order valence-corrected chi connectivity index (χ4v) is 5.81. The van der Waals surface area contributed by atoms with Gasteiger partial charge in [-0.15, -0.1) is 0 Å². The predicted molar refractivity (Wildman–Crippen MR) is 105 cm³/mol. The molecule has 0 unspecified atom stereocenters. The van der Waals surface area contributed by atoms with Crippen molar-refractivity contribution in [1.29, 1.82) is 0 Å². The molecule has 0 aromatic rings. The van der Waals surface area contributed by atoms with Gasteiger partial charge in [0.05, 0.1) is 5.92 Å². The van der Waals surface area contributed by atoms with E-state index >= 15 is 0 Å². The summed E-state index contributed by atoms with van der Waals surface area (Å²) in [5.41, 5.74) is 0.476. The Morgan fingerprint density at radius 1 is 1.14 bits per heavy atom. The summed E-state index contributed by atoms with van der Waals surface area (Å²) in [5, 5.41) is 0. The average Bonchev–Trinajstić information content (AvgIpc) is 2.67. The molecule has 3 saturated carbocycles. The van der Waals surface area contributed by atoms with Gasteiger partial charge in [-0.25, -0.2) is 4.79 Å². The van der Waals surface area contributed by atoms with E-state index in [9.17, 15) is 14.4 Å². The van der Waals surface area contributed by atoms with E-state index in [1.54, 1.807) is 26.8 Å². The monoisotopic (exact) mass is 388 g/mol. The van der Waals surface area contributed by atoms with Gasteiger partial charge in [0.2, 0.25) is 0 Å². The molecule has 28 heavy (non-hydrogen) atoms. The fraction of sp³-hybridized carbons (Fsp3) is 0.696. The quantitative estimate of drug-likeness (QED) is 0.540. The van der Waals surface area contributed by atoms with Gasteiger partial charge < -0.3 is 9.47 Å².